The summed E-state index contributed by atoms with van der Waals surface area (Å²) >= 11 is 0. The molecule has 0 aliphatic rings. The first-order chi connectivity index (χ1) is 11.5. The Morgan fingerprint density at radius 3 is 2.42 bits per heavy atom. The molecule has 1 aromatic heterocycles. The summed E-state index contributed by atoms with van der Waals surface area (Å²) in [5.74, 6) is -0.431. The van der Waals surface area contributed by atoms with Gasteiger partial charge >= 0.3 is 0 Å². The van der Waals surface area contributed by atoms with Crippen molar-refractivity contribution in [2.75, 3.05) is 0 Å². The molecule has 0 aliphatic carbocycles. The fraction of sp³-hybridized carbons (Fsp3) is 0.111. The number of rotatable bonds is 3. The van der Waals surface area contributed by atoms with Crippen LogP contribution in [-0.4, -0.2) is 25.8 Å². The van der Waals surface area contributed by atoms with E-state index in [0.29, 0.717) is 11.3 Å². The van der Waals surface area contributed by atoms with Crippen LogP contribution < -0.4 is 5.56 Å². The number of aromatic nitrogens is 2. The Labute approximate surface area is 138 Å². The highest BCUT2D eigenvalue weighted by atomic mass is 16.3. The molecule has 3 rings (SSSR count). The molecule has 0 bridgehead atoms. The SMILES string of the molecule is Cc1c(N=Cc2ccc(O)c(O)c2)c(=O)n(-c2ccccc2)n1C. The molecule has 0 amide bonds. The highest BCUT2D eigenvalue weighted by Gasteiger charge is 2.14. The second kappa shape index (κ2) is 6.08. The average molecular weight is 323 g/mol. The van der Waals surface area contributed by atoms with Crippen molar-refractivity contribution in [3.8, 4) is 17.2 Å². The van der Waals surface area contributed by atoms with E-state index >= 15 is 0 Å². The monoisotopic (exact) mass is 323 g/mol. The van der Waals surface area contributed by atoms with E-state index in [1.807, 2.05) is 37.3 Å². The van der Waals surface area contributed by atoms with Crippen molar-refractivity contribution in [1.29, 1.82) is 0 Å². The molecule has 0 fully saturated rings. The van der Waals surface area contributed by atoms with Gasteiger partial charge in [-0.3, -0.25) is 9.48 Å². The van der Waals surface area contributed by atoms with Crippen LogP contribution in [0.2, 0.25) is 0 Å². The van der Waals surface area contributed by atoms with Gasteiger partial charge in [0.25, 0.3) is 5.56 Å². The summed E-state index contributed by atoms with van der Waals surface area (Å²) in [7, 11) is 1.80. The topological polar surface area (TPSA) is 79.8 Å². The van der Waals surface area contributed by atoms with Crippen LogP contribution in [0.15, 0.2) is 58.3 Å². The van der Waals surface area contributed by atoms with Gasteiger partial charge in [-0.1, -0.05) is 18.2 Å². The summed E-state index contributed by atoms with van der Waals surface area (Å²) in [6.07, 6.45) is 1.48. The first kappa shape index (κ1) is 15.6. The summed E-state index contributed by atoms with van der Waals surface area (Å²) < 4.78 is 3.30. The highest BCUT2D eigenvalue weighted by Crippen LogP contribution is 2.24. The normalized spacial score (nSPS) is 11.2. The van der Waals surface area contributed by atoms with E-state index < -0.39 is 0 Å². The lowest BCUT2D eigenvalue weighted by molar-refractivity contribution is 0.403. The van der Waals surface area contributed by atoms with Crippen LogP contribution >= 0.6 is 0 Å². The summed E-state index contributed by atoms with van der Waals surface area (Å²) in [5, 5.41) is 18.9. The average Bonchev–Trinajstić information content (AvgIpc) is 2.79. The highest BCUT2D eigenvalue weighted by molar-refractivity contribution is 5.83. The van der Waals surface area contributed by atoms with Crippen LogP contribution in [0.25, 0.3) is 5.69 Å². The fourth-order valence-corrected chi connectivity index (χ4v) is 2.46. The number of nitrogens with zero attached hydrogens (tertiary/aromatic N) is 3. The quantitative estimate of drug-likeness (QED) is 0.574. The Morgan fingerprint density at radius 1 is 1.04 bits per heavy atom. The second-order valence-electron chi connectivity index (χ2n) is 5.42. The molecule has 0 radical (unpaired) electrons. The summed E-state index contributed by atoms with van der Waals surface area (Å²) in [5.41, 5.74) is 2.17. The number of hydrogen-bond acceptors (Lipinski definition) is 4. The Kier molecular flexibility index (Phi) is 3.95. The third-order valence-electron chi connectivity index (χ3n) is 3.87. The zero-order valence-electron chi connectivity index (χ0n) is 13.3. The van der Waals surface area contributed by atoms with Gasteiger partial charge in [-0.05, 0) is 42.8 Å². The smallest absolute Gasteiger partial charge is 0.297 e. The predicted octanol–water partition coefficient (Wildman–Crippen LogP) is 2.65. The maximum Gasteiger partial charge on any atom is 0.297 e. The van der Waals surface area contributed by atoms with E-state index in [-0.39, 0.29) is 17.1 Å². The van der Waals surface area contributed by atoms with E-state index in [9.17, 15) is 15.0 Å². The van der Waals surface area contributed by atoms with Crippen molar-refractivity contribution < 1.29 is 10.2 Å². The standard InChI is InChI=1S/C18H17N3O3/c1-12-17(19-11-13-8-9-15(22)16(23)10-13)18(24)21(20(12)2)14-6-4-3-5-7-14/h3-11,22-23H,1-2H3. The summed E-state index contributed by atoms with van der Waals surface area (Å²) in [6, 6.07) is 13.7. The molecule has 0 spiro atoms. The van der Waals surface area contributed by atoms with Gasteiger partial charge < -0.3 is 10.2 Å². The van der Waals surface area contributed by atoms with Crippen molar-refractivity contribution in [2.45, 2.75) is 6.92 Å². The number of hydrogen-bond donors (Lipinski definition) is 2. The van der Waals surface area contributed by atoms with Crippen molar-refractivity contribution in [3.63, 3.8) is 0 Å². The number of phenols is 2. The first-order valence-electron chi connectivity index (χ1n) is 7.39. The van der Waals surface area contributed by atoms with Crippen molar-refractivity contribution >= 4 is 11.9 Å². The van der Waals surface area contributed by atoms with E-state index in [1.54, 1.807) is 22.5 Å². The van der Waals surface area contributed by atoms with Gasteiger partial charge in [-0.25, -0.2) is 9.67 Å². The zero-order chi connectivity index (χ0) is 17.3. The maximum absolute atomic E-state index is 12.7. The van der Waals surface area contributed by atoms with Gasteiger partial charge in [-0.15, -0.1) is 0 Å². The molecular formula is C18H17N3O3. The van der Waals surface area contributed by atoms with Crippen molar-refractivity contribution in [1.82, 2.24) is 9.36 Å². The van der Waals surface area contributed by atoms with E-state index in [1.165, 1.54) is 18.3 Å². The molecule has 24 heavy (non-hydrogen) atoms. The van der Waals surface area contributed by atoms with Crippen molar-refractivity contribution in [2.24, 2.45) is 12.0 Å². The molecule has 1 heterocycles. The largest absolute Gasteiger partial charge is 0.504 e. The van der Waals surface area contributed by atoms with Crippen LogP contribution in [0.4, 0.5) is 5.69 Å². The molecule has 122 valence electrons. The third-order valence-corrected chi connectivity index (χ3v) is 3.87. The minimum Gasteiger partial charge on any atom is -0.504 e. The van der Waals surface area contributed by atoms with Crippen LogP contribution in [0.5, 0.6) is 11.5 Å². The molecule has 0 aliphatic heterocycles. The lowest BCUT2D eigenvalue weighted by Crippen LogP contribution is -2.19. The first-order valence-corrected chi connectivity index (χ1v) is 7.39. The Morgan fingerprint density at radius 2 is 1.75 bits per heavy atom. The lowest BCUT2D eigenvalue weighted by atomic mass is 10.2. The second-order valence-corrected chi connectivity index (χ2v) is 5.42. The molecule has 0 atom stereocenters. The Bertz CT molecular complexity index is 969. The molecule has 0 saturated carbocycles. The maximum atomic E-state index is 12.7. The summed E-state index contributed by atoms with van der Waals surface area (Å²) in [6.45, 7) is 1.82. The van der Waals surface area contributed by atoms with E-state index in [2.05, 4.69) is 4.99 Å². The van der Waals surface area contributed by atoms with Crippen molar-refractivity contribution in [3.05, 3.63) is 70.1 Å². The Hall–Kier alpha value is -3.28. The molecule has 6 heteroatoms. The van der Waals surface area contributed by atoms with Crippen LogP contribution in [0, 0.1) is 6.92 Å². The molecule has 2 N–H and O–H groups in total. The summed E-state index contributed by atoms with van der Waals surface area (Å²) in [4.78, 5) is 17.0. The minimum absolute atomic E-state index is 0.200. The van der Waals surface area contributed by atoms with Gasteiger partial charge in [0.05, 0.1) is 11.4 Å². The number of para-hydroxylation sites is 1. The van der Waals surface area contributed by atoms with E-state index in [0.717, 1.165) is 11.4 Å². The van der Waals surface area contributed by atoms with Gasteiger partial charge in [0.15, 0.2) is 17.2 Å². The molecule has 0 saturated heterocycles. The number of phenolic OH excluding ortho intramolecular Hbond substituents is 2. The van der Waals surface area contributed by atoms with Crippen LogP contribution in [0.3, 0.4) is 0 Å². The fourth-order valence-electron chi connectivity index (χ4n) is 2.46. The minimum atomic E-state index is -0.231. The van der Waals surface area contributed by atoms with Gasteiger partial charge in [0, 0.05) is 13.3 Å². The predicted molar refractivity (Wildman–Crippen MR) is 92.8 cm³/mol. The molecule has 0 unspecified atom stereocenters. The lowest BCUT2D eigenvalue weighted by Gasteiger charge is -2.07. The molecule has 3 aromatic rings. The van der Waals surface area contributed by atoms with Gasteiger partial charge in [0.2, 0.25) is 0 Å². The number of aromatic hydroxyl groups is 2. The van der Waals surface area contributed by atoms with Crippen LogP contribution in [-0.2, 0) is 7.05 Å². The van der Waals surface area contributed by atoms with Crippen LogP contribution in [0.1, 0.15) is 11.3 Å². The molecule has 2 aromatic carbocycles. The van der Waals surface area contributed by atoms with Gasteiger partial charge in [0.1, 0.15) is 0 Å². The third kappa shape index (κ3) is 2.69. The van der Waals surface area contributed by atoms with E-state index in [4.69, 9.17) is 0 Å². The number of benzene rings is 2. The zero-order valence-corrected chi connectivity index (χ0v) is 13.3. The molecular weight excluding hydrogens is 306 g/mol. The molecule has 6 nitrogen and oxygen atoms in total. The van der Waals surface area contributed by atoms with Gasteiger partial charge in [-0.2, -0.15) is 0 Å². The Balaban J connectivity index is 2.05. The number of aliphatic imine (C=N–C) groups is 1.